The molecular weight excluding hydrogens is 216 g/mol. The van der Waals surface area contributed by atoms with Gasteiger partial charge in [-0.3, -0.25) is 4.79 Å². The van der Waals surface area contributed by atoms with Crippen LogP contribution in [0.2, 0.25) is 0 Å². The van der Waals surface area contributed by atoms with Crippen LogP contribution in [0.4, 0.5) is 5.69 Å². The van der Waals surface area contributed by atoms with Crippen LogP contribution in [-0.4, -0.2) is 18.6 Å². The normalized spacial score (nSPS) is 17.1. The van der Waals surface area contributed by atoms with Crippen LogP contribution in [0.3, 0.4) is 0 Å². The summed E-state index contributed by atoms with van der Waals surface area (Å²) >= 11 is 0. The van der Waals surface area contributed by atoms with Gasteiger partial charge >= 0.3 is 0 Å². The molecule has 1 aromatic carbocycles. The maximum Gasteiger partial charge on any atom is 0.226 e. The van der Waals surface area contributed by atoms with Crippen molar-refractivity contribution in [2.45, 2.75) is 31.2 Å². The Balaban J connectivity index is 1.89. The second kappa shape index (κ2) is 4.75. The van der Waals surface area contributed by atoms with E-state index in [-0.39, 0.29) is 11.4 Å². The first-order valence-corrected chi connectivity index (χ1v) is 5.84. The van der Waals surface area contributed by atoms with E-state index in [0.717, 1.165) is 30.7 Å². The van der Waals surface area contributed by atoms with Crippen molar-refractivity contribution in [3.05, 3.63) is 24.3 Å². The number of amides is 1. The van der Waals surface area contributed by atoms with Gasteiger partial charge in [-0.2, -0.15) is 0 Å². The number of nitrogens with one attached hydrogen (secondary N) is 1. The minimum absolute atomic E-state index is 0.0163. The summed E-state index contributed by atoms with van der Waals surface area (Å²) in [5, 5.41) is 2.84. The zero-order valence-corrected chi connectivity index (χ0v) is 10.0. The van der Waals surface area contributed by atoms with E-state index in [0.29, 0.717) is 6.42 Å². The van der Waals surface area contributed by atoms with Crippen molar-refractivity contribution in [1.82, 2.24) is 0 Å². The first-order valence-electron chi connectivity index (χ1n) is 5.84. The Morgan fingerprint density at radius 2 is 2.06 bits per heavy atom. The lowest BCUT2D eigenvalue weighted by atomic mass is 9.75. The molecule has 0 saturated heterocycles. The van der Waals surface area contributed by atoms with Crippen LogP contribution < -0.4 is 15.8 Å². The summed E-state index contributed by atoms with van der Waals surface area (Å²) in [7, 11) is 1.61. The van der Waals surface area contributed by atoms with E-state index >= 15 is 0 Å². The average molecular weight is 234 g/mol. The summed E-state index contributed by atoms with van der Waals surface area (Å²) in [5.74, 6) is 0.759. The van der Waals surface area contributed by atoms with Gasteiger partial charge in [0.25, 0.3) is 0 Å². The topological polar surface area (TPSA) is 64.3 Å². The summed E-state index contributed by atoms with van der Waals surface area (Å²) in [6, 6.07) is 7.27. The molecular formula is C13H18N2O2. The molecule has 1 amide bonds. The van der Waals surface area contributed by atoms with Gasteiger partial charge in [-0.05, 0) is 43.5 Å². The number of carbonyl (C=O) groups excluding carboxylic acids is 1. The fraction of sp³-hybridized carbons (Fsp3) is 0.462. The maximum atomic E-state index is 11.8. The van der Waals surface area contributed by atoms with Gasteiger partial charge in [0, 0.05) is 17.6 Å². The molecule has 3 N–H and O–H groups in total. The molecule has 2 rings (SSSR count). The molecule has 0 atom stereocenters. The summed E-state index contributed by atoms with van der Waals surface area (Å²) in [6.07, 6.45) is 3.43. The average Bonchev–Trinajstić information content (AvgIpc) is 2.28. The molecule has 0 aliphatic heterocycles. The smallest absolute Gasteiger partial charge is 0.226 e. The molecule has 4 heteroatoms. The highest BCUT2D eigenvalue weighted by atomic mass is 16.5. The second-order valence-electron chi connectivity index (χ2n) is 4.67. The van der Waals surface area contributed by atoms with E-state index in [2.05, 4.69) is 5.32 Å². The monoisotopic (exact) mass is 234 g/mol. The number of nitrogens with two attached hydrogens (primary N) is 1. The Kier molecular flexibility index (Phi) is 3.33. The van der Waals surface area contributed by atoms with Gasteiger partial charge in [0.15, 0.2) is 0 Å². The van der Waals surface area contributed by atoms with E-state index in [4.69, 9.17) is 10.5 Å². The van der Waals surface area contributed by atoms with Crippen LogP contribution in [0.5, 0.6) is 5.75 Å². The molecule has 1 aliphatic carbocycles. The van der Waals surface area contributed by atoms with Gasteiger partial charge < -0.3 is 15.8 Å². The Bertz CT molecular complexity index is 396. The van der Waals surface area contributed by atoms with Crippen molar-refractivity contribution in [2.75, 3.05) is 12.4 Å². The van der Waals surface area contributed by atoms with Crippen LogP contribution in [0.1, 0.15) is 25.7 Å². The van der Waals surface area contributed by atoms with Crippen molar-refractivity contribution in [1.29, 1.82) is 0 Å². The minimum atomic E-state index is -0.267. The highest BCUT2D eigenvalue weighted by Gasteiger charge is 2.34. The van der Waals surface area contributed by atoms with Crippen molar-refractivity contribution in [2.24, 2.45) is 5.73 Å². The Hall–Kier alpha value is -1.55. The van der Waals surface area contributed by atoms with Gasteiger partial charge in [-0.1, -0.05) is 0 Å². The zero-order chi connectivity index (χ0) is 12.3. The van der Waals surface area contributed by atoms with Crippen LogP contribution in [0, 0.1) is 0 Å². The Morgan fingerprint density at radius 3 is 2.53 bits per heavy atom. The maximum absolute atomic E-state index is 11.8. The largest absolute Gasteiger partial charge is 0.497 e. The SMILES string of the molecule is COc1ccc(NC(=O)CC2(N)CCC2)cc1. The molecule has 4 nitrogen and oxygen atoms in total. The Labute approximate surface area is 101 Å². The molecule has 0 heterocycles. The van der Waals surface area contributed by atoms with Crippen molar-refractivity contribution in [3.63, 3.8) is 0 Å². The van der Waals surface area contributed by atoms with Crippen LogP contribution in [-0.2, 0) is 4.79 Å². The molecule has 0 bridgehead atoms. The lowest BCUT2D eigenvalue weighted by Gasteiger charge is -2.37. The van der Waals surface area contributed by atoms with E-state index in [1.165, 1.54) is 0 Å². The predicted octanol–water partition coefficient (Wildman–Crippen LogP) is 1.91. The number of anilines is 1. The van der Waals surface area contributed by atoms with Crippen LogP contribution in [0.15, 0.2) is 24.3 Å². The van der Waals surface area contributed by atoms with Gasteiger partial charge in [0.2, 0.25) is 5.91 Å². The van der Waals surface area contributed by atoms with E-state index in [9.17, 15) is 4.79 Å². The molecule has 17 heavy (non-hydrogen) atoms. The third kappa shape index (κ3) is 2.97. The molecule has 1 fully saturated rings. The number of ether oxygens (including phenoxy) is 1. The van der Waals surface area contributed by atoms with Crippen molar-refractivity contribution < 1.29 is 9.53 Å². The predicted molar refractivity (Wildman–Crippen MR) is 67.0 cm³/mol. The minimum Gasteiger partial charge on any atom is -0.497 e. The fourth-order valence-corrected chi connectivity index (χ4v) is 2.01. The molecule has 1 saturated carbocycles. The number of carbonyl (C=O) groups is 1. The standard InChI is InChI=1S/C13H18N2O2/c1-17-11-5-3-10(4-6-11)15-12(16)9-13(14)7-2-8-13/h3-6H,2,7-9,14H2,1H3,(H,15,16). The molecule has 1 aliphatic rings. The van der Waals surface area contributed by atoms with Gasteiger partial charge in [-0.15, -0.1) is 0 Å². The first-order chi connectivity index (χ1) is 8.11. The van der Waals surface area contributed by atoms with Gasteiger partial charge in [-0.25, -0.2) is 0 Å². The Morgan fingerprint density at radius 1 is 1.41 bits per heavy atom. The second-order valence-corrected chi connectivity index (χ2v) is 4.67. The van der Waals surface area contributed by atoms with Crippen molar-refractivity contribution >= 4 is 11.6 Å². The summed E-state index contributed by atoms with van der Waals surface area (Å²) in [4.78, 5) is 11.8. The fourth-order valence-electron chi connectivity index (χ4n) is 2.01. The summed E-state index contributed by atoms with van der Waals surface area (Å²) < 4.78 is 5.05. The van der Waals surface area contributed by atoms with E-state index in [1.807, 2.05) is 24.3 Å². The number of benzene rings is 1. The summed E-state index contributed by atoms with van der Waals surface area (Å²) in [5.41, 5.74) is 6.53. The summed E-state index contributed by atoms with van der Waals surface area (Å²) in [6.45, 7) is 0. The highest BCUT2D eigenvalue weighted by molar-refractivity contribution is 5.91. The quantitative estimate of drug-likeness (QED) is 0.836. The van der Waals surface area contributed by atoms with E-state index in [1.54, 1.807) is 7.11 Å². The molecule has 1 aromatic rings. The number of hydrogen-bond acceptors (Lipinski definition) is 3. The first kappa shape index (κ1) is 11.9. The third-order valence-electron chi connectivity index (χ3n) is 3.24. The number of methoxy groups -OCH3 is 1. The molecule has 0 unspecified atom stereocenters. The number of rotatable bonds is 4. The zero-order valence-electron chi connectivity index (χ0n) is 10.0. The van der Waals surface area contributed by atoms with Gasteiger partial charge in [0.1, 0.15) is 5.75 Å². The lowest BCUT2D eigenvalue weighted by Crippen LogP contribution is -2.48. The van der Waals surface area contributed by atoms with Crippen LogP contribution in [0.25, 0.3) is 0 Å². The molecule has 92 valence electrons. The van der Waals surface area contributed by atoms with E-state index < -0.39 is 0 Å². The third-order valence-corrected chi connectivity index (χ3v) is 3.24. The molecule has 0 aromatic heterocycles. The highest BCUT2D eigenvalue weighted by Crippen LogP contribution is 2.32. The lowest BCUT2D eigenvalue weighted by molar-refractivity contribution is -0.118. The number of hydrogen-bond donors (Lipinski definition) is 2. The van der Waals surface area contributed by atoms with Crippen molar-refractivity contribution in [3.8, 4) is 5.75 Å². The molecule has 0 radical (unpaired) electrons. The van der Waals surface area contributed by atoms with Crippen LogP contribution >= 0.6 is 0 Å². The molecule has 0 spiro atoms. The van der Waals surface area contributed by atoms with Gasteiger partial charge in [0.05, 0.1) is 7.11 Å².